The molecule has 0 saturated heterocycles. The summed E-state index contributed by atoms with van der Waals surface area (Å²) in [5, 5.41) is 16.4. The number of anilines is 1. The number of nitrogens with one attached hydrogen (secondary N) is 1. The lowest BCUT2D eigenvalue weighted by molar-refractivity contribution is 0.0423. The minimum Gasteiger partial charge on any atom is -0.506 e. The van der Waals surface area contributed by atoms with Gasteiger partial charge in [0.25, 0.3) is 0 Å². The zero-order chi connectivity index (χ0) is 20.3. The van der Waals surface area contributed by atoms with Crippen LogP contribution in [0.3, 0.4) is 0 Å². The van der Waals surface area contributed by atoms with Gasteiger partial charge in [0.05, 0.1) is 16.8 Å². The molecule has 28 heavy (non-hydrogen) atoms. The van der Waals surface area contributed by atoms with Gasteiger partial charge in [0.15, 0.2) is 11.5 Å². The summed E-state index contributed by atoms with van der Waals surface area (Å²) in [7, 11) is 0. The summed E-state index contributed by atoms with van der Waals surface area (Å²) in [6.07, 6.45) is 0. The van der Waals surface area contributed by atoms with Crippen LogP contribution in [0.5, 0.6) is 11.5 Å². The minimum absolute atomic E-state index is 0.0547. The van der Waals surface area contributed by atoms with E-state index in [0.29, 0.717) is 27.4 Å². The van der Waals surface area contributed by atoms with E-state index in [2.05, 4.69) is 5.32 Å². The Morgan fingerprint density at radius 2 is 1.61 bits per heavy atom. The van der Waals surface area contributed by atoms with E-state index in [4.69, 9.17) is 16.3 Å². The van der Waals surface area contributed by atoms with Crippen LogP contribution in [0, 0.1) is 0 Å². The van der Waals surface area contributed by atoms with E-state index in [0.717, 1.165) is 5.39 Å². The fourth-order valence-corrected chi connectivity index (χ4v) is 3.55. The highest BCUT2D eigenvalue weighted by molar-refractivity contribution is 6.30. The normalized spacial score (nSPS) is 16.8. The Bertz CT molecular complexity index is 1100. The van der Waals surface area contributed by atoms with E-state index in [-0.39, 0.29) is 17.1 Å². The number of ketones is 1. The first-order chi connectivity index (χ1) is 13.1. The lowest BCUT2D eigenvalue weighted by Gasteiger charge is -2.48. The van der Waals surface area contributed by atoms with E-state index < -0.39 is 11.1 Å². The molecular formula is C23H22ClNO3. The smallest absolute Gasteiger partial charge is 0.199 e. The van der Waals surface area contributed by atoms with Gasteiger partial charge in [0.1, 0.15) is 11.4 Å². The molecule has 0 spiro atoms. The maximum Gasteiger partial charge on any atom is 0.199 e. The number of rotatable bonds is 2. The lowest BCUT2D eigenvalue weighted by atomic mass is 9.82. The molecule has 3 aromatic carbocycles. The second kappa shape index (κ2) is 6.14. The van der Waals surface area contributed by atoms with Crippen molar-refractivity contribution in [2.24, 2.45) is 0 Å². The molecule has 0 saturated carbocycles. The third-order valence-corrected chi connectivity index (χ3v) is 6.03. The van der Waals surface area contributed by atoms with Crippen LogP contribution in [0.25, 0.3) is 10.8 Å². The van der Waals surface area contributed by atoms with Crippen LogP contribution in [-0.2, 0) is 0 Å². The van der Waals surface area contributed by atoms with Gasteiger partial charge in [-0.2, -0.15) is 0 Å². The van der Waals surface area contributed by atoms with Crippen LogP contribution in [0.4, 0.5) is 5.69 Å². The topological polar surface area (TPSA) is 58.6 Å². The Kier molecular flexibility index (Phi) is 4.09. The summed E-state index contributed by atoms with van der Waals surface area (Å²) >= 11 is 5.96. The summed E-state index contributed by atoms with van der Waals surface area (Å²) in [4.78, 5) is 13.4. The molecule has 144 valence electrons. The maximum atomic E-state index is 13.4. The molecule has 4 rings (SSSR count). The molecular weight excluding hydrogens is 374 g/mol. The fraction of sp³-hybridized carbons (Fsp3) is 0.261. The van der Waals surface area contributed by atoms with Crippen molar-refractivity contribution in [2.75, 3.05) is 5.32 Å². The molecule has 0 bridgehead atoms. The predicted molar refractivity (Wildman–Crippen MR) is 113 cm³/mol. The van der Waals surface area contributed by atoms with Gasteiger partial charge in [-0.25, -0.2) is 0 Å². The zero-order valence-electron chi connectivity index (χ0n) is 16.3. The summed E-state index contributed by atoms with van der Waals surface area (Å²) in [5.74, 6) is 0.235. The number of hydrogen-bond donors (Lipinski definition) is 2. The number of aromatic hydroxyl groups is 1. The monoisotopic (exact) mass is 395 g/mol. The van der Waals surface area contributed by atoms with Gasteiger partial charge in [0, 0.05) is 21.4 Å². The van der Waals surface area contributed by atoms with Crippen molar-refractivity contribution in [2.45, 2.75) is 38.8 Å². The maximum absolute atomic E-state index is 13.4. The molecule has 0 unspecified atom stereocenters. The van der Waals surface area contributed by atoms with Crippen LogP contribution in [0.15, 0.2) is 48.5 Å². The second-order valence-corrected chi connectivity index (χ2v) is 8.61. The van der Waals surface area contributed by atoms with E-state index in [9.17, 15) is 9.90 Å². The molecule has 4 nitrogen and oxygen atoms in total. The third-order valence-electron chi connectivity index (χ3n) is 5.77. The summed E-state index contributed by atoms with van der Waals surface area (Å²) in [6, 6.07) is 14.0. The molecule has 1 aliphatic heterocycles. The highest BCUT2D eigenvalue weighted by Gasteiger charge is 2.45. The summed E-state index contributed by atoms with van der Waals surface area (Å²) in [6.45, 7) is 8.04. The molecule has 0 amide bonds. The van der Waals surface area contributed by atoms with Gasteiger partial charge in [-0.1, -0.05) is 35.9 Å². The summed E-state index contributed by atoms with van der Waals surface area (Å²) in [5.41, 5.74) is 0.172. The van der Waals surface area contributed by atoms with Gasteiger partial charge < -0.3 is 15.2 Å². The first-order valence-electron chi connectivity index (χ1n) is 9.17. The molecule has 5 heteroatoms. The van der Waals surface area contributed by atoms with Crippen molar-refractivity contribution in [3.63, 3.8) is 0 Å². The van der Waals surface area contributed by atoms with Crippen LogP contribution in [0.1, 0.15) is 43.6 Å². The third kappa shape index (κ3) is 2.71. The largest absolute Gasteiger partial charge is 0.506 e. The number of benzene rings is 3. The number of phenolic OH excluding ortho intramolecular Hbond substituents is 1. The Morgan fingerprint density at radius 3 is 2.25 bits per heavy atom. The van der Waals surface area contributed by atoms with Crippen molar-refractivity contribution in [1.82, 2.24) is 0 Å². The highest BCUT2D eigenvalue weighted by Crippen LogP contribution is 2.51. The number of hydrogen-bond acceptors (Lipinski definition) is 4. The van der Waals surface area contributed by atoms with Crippen molar-refractivity contribution in [1.29, 1.82) is 0 Å². The summed E-state index contributed by atoms with van der Waals surface area (Å²) < 4.78 is 6.40. The first kappa shape index (κ1) is 18.6. The Morgan fingerprint density at radius 1 is 1.00 bits per heavy atom. The Labute approximate surface area is 169 Å². The zero-order valence-corrected chi connectivity index (χ0v) is 17.0. The van der Waals surface area contributed by atoms with Gasteiger partial charge >= 0.3 is 0 Å². The van der Waals surface area contributed by atoms with Crippen LogP contribution in [-0.4, -0.2) is 22.0 Å². The number of fused-ring (bicyclic) bond motifs is 3. The van der Waals surface area contributed by atoms with E-state index in [1.165, 1.54) is 0 Å². The van der Waals surface area contributed by atoms with Crippen LogP contribution in [0.2, 0.25) is 5.02 Å². The van der Waals surface area contributed by atoms with E-state index in [1.807, 2.05) is 45.9 Å². The molecule has 0 radical (unpaired) electrons. The fourth-order valence-electron chi connectivity index (χ4n) is 3.43. The molecule has 2 N–H and O–H groups in total. The Hall–Kier alpha value is -2.72. The molecule has 0 atom stereocenters. The van der Waals surface area contributed by atoms with Gasteiger partial charge in [-0.05, 0) is 52.0 Å². The molecule has 3 aromatic rings. The van der Waals surface area contributed by atoms with Crippen molar-refractivity contribution in [3.05, 3.63) is 64.7 Å². The standard InChI is InChI=1S/C23H22ClNO3/c1-22(2)23(3,4)28-21-16-8-6-5-7-15(16)20(27)17(18(21)25-22)19(26)13-9-11-14(24)12-10-13/h5-12,25,27H,1-4H3. The second-order valence-electron chi connectivity index (χ2n) is 8.17. The molecule has 0 aliphatic carbocycles. The highest BCUT2D eigenvalue weighted by atomic mass is 35.5. The van der Waals surface area contributed by atoms with Gasteiger partial charge in [-0.15, -0.1) is 0 Å². The van der Waals surface area contributed by atoms with Crippen LogP contribution >= 0.6 is 11.6 Å². The van der Waals surface area contributed by atoms with E-state index >= 15 is 0 Å². The quantitative estimate of drug-likeness (QED) is 0.539. The van der Waals surface area contributed by atoms with Gasteiger partial charge in [0.2, 0.25) is 0 Å². The lowest BCUT2D eigenvalue weighted by Crippen LogP contribution is -2.57. The molecule has 0 fully saturated rings. The van der Waals surface area contributed by atoms with Gasteiger partial charge in [-0.3, -0.25) is 4.79 Å². The van der Waals surface area contributed by atoms with Crippen molar-refractivity contribution < 1.29 is 14.6 Å². The average Bonchev–Trinajstić information content (AvgIpc) is 2.64. The van der Waals surface area contributed by atoms with Crippen molar-refractivity contribution in [3.8, 4) is 11.5 Å². The minimum atomic E-state index is -0.527. The number of halogens is 1. The number of carbonyl (C=O) groups is 1. The number of ether oxygens (including phenoxy) is 1. The Balaban J connectivity index is 2.03. The average molecular weight is 396 g/mol. The van der Waals surface area contributed by atoms with Crippen LogP contribution < -0.4 is 10.1 Å². The molecule has 1 aliphatic rings. The molecule has 0 aromatic heterocycles. The number of carbonyl (C=O) groups excluding carboxylic acids is 1. The molecule has 1 heterocycles. The van der Waals surface area contributed by atoms with Crippen molar-refractivity contribution >= 4 is 33.8 Å². The SMILES string of the molecule is CC1(C)Nc2c(C(=O)c3ccc(Cl)cc3)c(O)c3ccccc3c2OC1(C)C. The predicted octanol–water partition coefficient (Wildman–Crippen LogP) is 5.79. The van der Waals surface area contributed by atoms with E-state index in [1.54, 1.807) is 30.3 Å². The first-order valence-corrected chi connectivity index (χ1v) is 9.55. The number of phenols is 1.